The van der Waals surface area contributed by atoms with Crippen molar-refractivity contribution in [1.82, 2.24) is 4.57 Å². The van der Waals surface area contributed by atoms with Gasteiger partial charge in [0.25, 0.3) is 5.56 Å². The monoisotopic (exact) mass is 499 g/mol. The third kappa shape index (κ3) is 7.17. The normalized spacial score (nSPS) is 13.6. The van der Waals surface area contributed by atoms with Crippen LogP contribution in [0.25, 0.3) is 11.3 Å². The lowest BCUT2D eigenvalue weighted by atomic mass is 9.87. The second-order valence-electron chi connectivity index (χ2n) is 12.3. The van der Waals surface area contributed by atoms with E-state index in [0.29, 0.717) is 13.0 Å². The second-order valence-corrected chi connectivity index (χ2v) is 17.1. The Morgan fingerprint density at radius 1 is 1.03 bits per heavy atom. The first-order chi connectivity index (χ1) is 16.0. The third-order valence-corrected chi connectivity index (χ3v) is 11.5. The van der Waals surface area contributed by atoms with Crippen LogP contribution in [0.15, 0.2) is 35.1 Å². The highest BCUT2D eigenvalue weighted by Crippen LogP contribution is 2.38. The van der Waals surface area contributed by atoms with Crippen LogP contribution in [0, 0.1) is 19.3 Å². The van der Waals surface area contributed by atoms with E-state index in [0.717, 1.165) is 27.9 Å². The lowest BCUT2D eigenvalue weighted by Crippen LogP contribution is -2.41. The summed E-state index contributed by atoms with van der Waals surface area (Å²) in [5.41, 5.74) is 4.23. The molecule has 35 heavy (non-hydrogen) atoms. The molecule has 6 heteroatoms. The van der Waals surface area contributed by atoms with E-state index in [1.807, 2.05) is 38.1 Å². The number of rotatable bonds is 8. The number of aromatic nitrogens is 1. The number of hydrogen-bond donors (Lipinski definition) is 0. The molecule has 0 spiro atoms. The number of ether oxygens (including phenoxy) is 1. The molecule has 0 radical (unpaired) electrons. The quantitative estimate of drug-likeness (QED) is 0.285. The number of hydrogen-bond acceptors (Lipinski definition) is 4. The molecule has 0 amide bonds. The van der Waals surface area contributed by atoms with Gasteiger partial charge in [0.05, 0.1) is 18.9 Å². The minimum atomic E-state index is -2.01. The Labute approximate surface area is 213 Å². The van der Waals surface area contributed by atoms with Gasteiger partial charge in [0, 0.05) is 6.07 Å². The summed E-state index contributed by atoms with van der Waals surface area (Å²) in [6, 6.07) is 9.04. The van der Waals surface area contributed by atoms with Gasteiger partial charge in [0.2, 0.25) is 0 Å². The molecule has 1 heterocycles. The fourth-order valence-electron chi connectivity index (χ4n) is 3.87. The molecule has 1 aromatic carbocycles. The second kappa shape index (κ2) is 10.8. The summed E-state index contributed by atoms with van der Waals surface area (Å²) in [5, 5.41) is 0.0669. The van der Waals surface area contributed by atoms with Crippen molar-refractivity contribution in [2.24, 2.45) is 5.41 Å². The van der Waals surface area contributed by atoms with E-state index in [2.05, 4.69) is 54.6 Å². The highest BCUT2D eigenvalue weighted by molar-refractivity contribution is 6.74. The number of carbonyl (C=O) groups excluding carboxylic acids is 1. The standard InChI is InChI=1S/C29H45NO4Si/c1-12-33-27(32)24(18-28(4,5)6)30-25(31)17-23(19-34-35(10,11)29(7,8)9)21(3)26(30)22-15-13-20(2)14-16-22/h13-17,24H,12,18-19H2,1-11H3. The Hall–Kier alpha value is -2.18. The van der Waals surface area contributed by atoms with E-state index in [-0.39, 0.29) is 28.6 Å². The summed E-state index contributed by atoms with van der Waals surface area (Å²) in [7, 11) is -2.01. The molecule has 2 rings (SSSR count). The molecule has 1 aromatic heterocycles. The topological polar surface area (TPSA) is 57.5 Å². The van der Waals surface area contributed by atoms with E-state index in [1.165, 1.54) is 0 Å². The van der Waals surface area contributed by atoms with Gasteiger partial charge in [-0.25, -0.2) is 4.79 Å². The summed E-state index contributed by atoms with van der Waals surface area (Å²) < 4.78 is 13.6. The van der Waals surface area contributed by atoms with Crippen LogP contribution in [-0.2, 0) is 20.6 Å². The van der Waals surface area contributed by atoms with Crippen molar-refractivity contribution in [2.45, 2.75) is 99.5 Å². The van der Waals surface area contributed by atoms with Crippen molar-refractivity contribution in [1.29, 1.82) is 0 Å². The van der Waals surface area contributed by atoms with Gasteiger partial charge in [-0.05, 0) is 67.4 Å². The predicted octanol–water partition coefficient (Wildman–Crippen LogP) is 7.19. The summed E-state index contributed by atoms with van der Waals surface area (Å²) in [6.45, 7) is 23.8. The molecule has 0 saturated heterocycles. The summed E-state index contributed by atoms with van der Waals surface area (Å²) in [5.74, 6) is -0.373. The van der Waals surface area contributed by atoms with E-state index in [1.54, 1.807) is 17.6 Å². The largest absolute Gasteiger partial charge is 0.464 e. The average molecular weight is 500 g/mol. The van der Waals surface area contributed by atoms with Crippen molar-refractivity contribution in [2.75, 3.05) is 6.61 Å². The smallest absolute Gasteiger partial charge is 0.329 e. The molecule has 5 nitrogen and oxygen atoms in total. The van der Waals surface area contributed by atoms with Gasteiger partial charge in [0.1, 0.15) is 6.04 Å². The molecule has 194 valence electrons. The van der Waals surface area contributed by atoms with Gasteiger partial charge in [-0.3, -0.25) is 9.36 Å². The van der Waals surface area contributed by atoms with E-state index < -0.39 is 14.4 Å². The van der Waals surface area contributed by atoms with Gasteiger partial charge in [-0.2, -0.15) is 0 Å². The molecule has 0 aliphatic rings. The number of aryl methyl sites for hydroxylation is 1. The fraction of sp³-hybridized carbons (Fsp3) is 0.586. The first-order valence-corrected chi connectivity index (χ1v) is 15.5. The Bertz CT molecular complexity index is 1090. The maximum absolute atomic E-state index is 13.7. The summed E-state index contributed by atoms with van der Waals surface area (Å²) in [4.78, 5) is 26.9. The molecule has 0 fully saturated rings. The van der Waals surface area contributed by atoms with Crippen LogP contribution in [-0.4, -0.2) is 25.5 Å². The Morgan fingerprint density at radius 2 is 1.60 bits per heavy atom. The molecule has 0 aliphatic heterocycles. The van der Waals surface area contributed by atoms with Crippen LogP contribution in [0.1, 0.15) is 77.6 Å². The maximum atomic E-state index is 13.7. The summed E-state index contributed by atoms with van der Waals surface area (Å²) >= 11 is 0. The average Bonchev–Trinajstić information content (AvgIpc) is 2.72. The van der Waals surface area contributed by atoms with Gasteiger partial charge < -0.3 is 9.16 Å². The highest BCUT2D eigenvalue weighted by Gasteiger charge is 2.37. The van der Waals surface area contributed by atoms with Crippen LogP contribution < -0.4 is 5.56 Å². The highest BCUT2D eigenvalue weighted by atomic mass is 28.4. The zero-order valence-electron chi connectivity index (χ0n) is 23.7. The predicted molar refractivity (Wildman–Crippen MR) is 147 cm³/mol. The summed E-state index contributed by atoms with van der Waals surface area (Å²) in [6.07, 6.45) is 0.490. The fourth-order valence-corrected chi connectivity index (χ4v) is 4.82. The Balaban J connectivity index is 2.76. The molecule has 0 aliphatic carbocycles. The van der Waals surface area contributed by atoms with Crippen molar-refractivity contribution >= 4 is 14.3 Å². The molecule has 1 unspecified atom stereocenters. The minimum Gasteiger partial charge on any atom is -0.464 e. The van der Waals surface area contributed by atoms with E-state index >= 15 is 0 Å². The minimum absolute atomic E-state index is 0.0669. The van der Waals surface area contributed by atoms with Gasteiger partial charge >= 0.3 is 5.97 Å². The van der Waals surface area contributed by atoms with Crippen LogP contribution in [0.2, 0.25) is 18.1 Å². The van der Waals surface area contributed by atoms with Gasteiger partial charge in [0.15, 0.2) is 8.32 Å². The zero-order valence-corrected chi connectivity index (χ0v) is 24.7. The molecule has 2 aromatic rings. The van der Waals surface area contributed by atoms with Crippen molar-refractivity contribution in [3.05, 3.63) is 57.4 Å². The molecule has 0 bridgehead atoms. The van der Waals surface area contributed by atoms with E-state index in [9.17, 15) is 9.59 Å². The molecule has 1 atom stereocenters. The Kier molecular flexibility index (Phi) is 8.99. The molecular weight excluding hydrogens is 454 g/mol. The van der Waals surface area contributed by atoms with Crippen molar-refractivity contribution < 1.29 is 14.0 Å². The maximum Gasteiger partial charge on any atom is 0.329 e. The van der Waals surface area contributed by atoms with Crippen LogP contribution in [0.5, 0.6) is 0 Å². The number of pyridine rings is 1. The van der Waals surface area contributed by atoms with Crippen LogP contribution >= 0.6 is 0 Å². The number of benzene rings is 1. The lowest BCUT2D eigenvalue weighted by Gasteiger charge is -2.36. The Morgan fingerprint density at radius 3 is 2.09 bits per heavy atom. The molecule has 0 saturated carbocycles. The molecular formula is C29H45NO4Si. The van der Waals surface area contributed by atoms with Gasteiger partial charge in [-0.15, -0.1) is 0 Å². The first kappa shape index (κ1) is 29.0. The molecule has 0 N–H and O–H groups in total. The van der Waals surface area contributed by atoms with Crippen LogP contribution in [0.4, 0.5) is 0 Å². The van der Waals surface area contributed by atoms with Crippen molar-refractivity contribution in [3.63, 3.8) is 0 Å². The zero-order chi connectivity index (χ0) is 26.8. The van der Waals surface area contributed by atoms with Gasteiger partial charge in [-0.1, -0.05) is 71.4 Å². The SMILES string of the molecule is CCOC(=O)C(CC(C)(C)C)n1c(-c2ccc(C)cc2)c(C)c(CO[Si](C)(C)C(C)(C)C)cc1=O. The number of nitrogens with zero attached hydrogens (tertiary/aromatic N) is 1. The number of esters is 1. The number of carbonyl (C=O) groups is 1. The third-order valence-electron chi connectivity index (χ3n) is 7.01. The lowest BCUT2D eigenvalue weighted by molar-refractivity contribution is -0.148. The van der Waals surface area contributed by atoms with E-state index in [4.69, 9.17) is 9.16 Å². The first-order valence-electron chi connectivity index (χ1n) is 12.6. The van der Waals surface area contributed by atoms with Crippen molar-refractivity contribution in [3.8, 4) is 11.3 Å². The van der Waals surface area contributed by atoms with Crippen LogP contribution in [0.3, 0.4) is 0 Å².